The first-order chi connectivity index (χ1) is 20.1. The number of carbonyl (C=O) groups is 1. The van der Waals surface area contributed by atoms with Gasteiger partial charge in [-0.1, -0.05) is 100 Å². The number of rotatable bonds is 10. The van der Waals surface area contributed by atoms with Crippen LogP contribution in [0.4, 0.5) is 17.1 Å². The summed E-state index contributed by atoms with van der Waals surface area (Å²) >= 11 is 0. The molecule has 6 rings (SSSR count). The number of nitrogens with zero attached hydrogens (tertiary/aromatic N) is 1. The van der Waals surface area contributed by atoms with Crippen molar-refractivity contribution in [2.75, 3.05) is 4.90 Å². The highest BCUT2D eigenvalue weighted by molar-refractivity contribution is 5.92. The summed E-state index contributed by atoms with van der Waals surface area (Å²) in [5.41, 5.74) is 8.96. The SMILES string of the molecule is CCCCC1(CCCC)c2ccccc2-c2ccc(N(c3ccc(C(=O)O)cc3)c3ccc4ccccc4c3)cc21. The van der Waals surface area contributed by atoms with Gasteiger partial charge in [0, 0.05) is 22.5 Å². The van der Waals surface area contributed by atoms with Gasteiger partial charge in [-0.15, -0.1) is 0 Å². The number of hydrogen-bond acceptors (Lipinski definition) is 2. The number of carboxylic acids is 1. The Labute approximate surface area is 243 Å². The van der Waals surface area contributed by atoms with E-state index in [1.54, 1.807) is 12.1 Å². The summed E-state index contributed by atoms with van der Waals surface area (Å²) in [5, 5.41) is 11.9. The van der Waals surface area contributed by atoms with Gasteiger partial charge in [-0.3, -0.25) is 0 Å². The molecule has 3 nitrogen and oxygen atoms in total. The molecule has 1 aliphatic rings. The zero-order valence-corrected chi connectivity index (χ0v) is 23.9. The maximum atomic E-state index is 11.6. The molecule has 0 bridgehead atoms. The Morgan fingerprint density at radius 3 is 1.93 bits per heavy atom. The van der Waals surface area contributed by atoms with E-state index >= 15 is 0 Å². The second-order valence-electron chi connectivity index (χ2n) is 11.3. The van der Waals surface area contributed by atoms with Gasteiger partial charge in [0.2, 0.25) is 0 Å². The van der Waals surface area contributed by atoms with Crippen LogP contribution in [0.25, 0.3) is 21.9 Å². The van der Waals surface area contributed by atoms with Crippen LogP contribution in [-0.4, -0.2) is 11.1 Å². The van der Waals surface area contributed by atoms with Gasteiger partial charge in [0.25, 0.3) is 0 Å². The Balaban J connectivity index is 1.55. The molecular weight excluding hydrogens is 502 g/mol. The molecule has 0 radical (unpaired) electrons. The first-order valence-electron chi connectivity index (χ1n) is 14.9. The number of benzene rings is 5. The topological polar surface area (TPSA) is 40.5 Å². The highest BCUT2D eigenvalue weighted by atomic mass is 16.4. The molecule has 0 unspecified atom stereocenters. The molecule has 0 amide bonds. The number of unbranched alkanes of at least 4 members (excludes halogenated alkanes) is 2. The highest BCUT2D eigenvalue weighted by Gasteiger charge is 2.42. The molecule has 0 atom stereocenters. The van der Waals surface area contributed by atoms with E-state index in [-0.39, 0.29) is 11.0 Å². The minimum Gasteiger partial charge on any atom is -0.478 e. The fourth-order valence-corrected chi connectivity index (χ4v) is 6.72. The molecule has 0 aliphatic heterocycles. The molecule has 1 aliphatic carbocycles. The summed E-state index contributed by atoms with van der Waals surface area (Å²) in [4.78, 5) is 13.9. The lowest BCUT2D eigenvalue weighted by Gasteiger charge is -2.34. The van der Waals surface area contributed by atoms with E-state index in [1.165, 1.54) is 58.7 Å². The molecule has 0 heterocycles. The Morgan fingerprint density at radius 1 is 0.634 bits per heavy atom. The summed E-state index contributed by atoms with van der Waals surface area (Å²) in [6.45, 7) is 4.57. The third-order valence-corrected chi connectivity index (χ3v) is 8.79. The van der Waals surface area contributed by atoms with Crippen LogP contribution in [0.2, 0.25) is 0 Å². The van der Waals surface area contributed by atoms with Crippen LogP contribution in [0.5, 0.6) is 0 Å². The predicted molar refractivity (Wildman–Crippen MR) is 171 cm³/mol. The van der Waals surface area contributed by atoms with Crippen molar-refractivity contribution >= 4 is 33.8 Å². The molecule has 5 aromatic rings. The summed E-state index contributed by atoms with van der Waals surface area (Å²) in [7, 11) is 0. The van der Waals surface area contributed by atoms with Crippen molar-refractivity contribution in [1.82, 2.24) is 0 Å². The van der Waals surface area contributed by atoms with Crippen molar-refractivity contribution in [3.8, 4) is 11.1 Å². The number of aromatic carboxylic acids is 1. The van der Waals surface area contributed by atoms with E-state index in [4.69, 9.17) is 0 Å². The van der Waals surface area contributed by atoms with Gasteiger partial charge in [-0.2, -0.15) is 0 Å². The Bertz CT molecular complexity index is 1690. The smallest absolute Gasteiger partial charge is 0.335 e. The largest absolute Gasteiger partial charge is 0.478 e. The lowest BCUT2D eigenvalue weighted by Crippen LogP contribution is -2.25. The zero-order chi connectivity index (χ0) is 28.4. The van der Waals surface area contributed by atoms with Crippen molar-refractivity contribution in [2.24, 2.45) is 0 Å². The van der Waals surface area contributed by atoms with Crippen molar-refractivity contribution in [1.29, 1.82) is 0 Å². The molecule has 0 spiro atoms. The molecule has 0 saturated heterocycles. The van der Waals surface area contributed by atoms with Crippen LogP contribution in [0.15, 0.2) is 109 Å². The number of fused-ring (bicyclic) bond motifs is 4. The molecule has 206 valence electrons. The van der Waals surface area contributed by atoms with Gasteiger partial charge in [0.05, 0.1) is 5.56 Å². The predicted octanol–water partition coefficient (Wildman–Crippen LogP) is 10.7. The van der Waals surface area contributed by atoms with Gasteiger partial charge >= 0.3 is 5.97 Å². The van der Waals surface area contributed by atoms with E-state index < -0.39 is 5.97 Å². The molecular formula is C38H37NO2. The van der Waals surface area contributed by atoms with Crippen molar-refractivity contribution < 1.29 is 9.90 Å². The second-order valence-corrected chi connectivity index (χ2v) is 11.3. The van der Waals surface area contributed by atoms with Crippen LogP contribution in [0.1, 0.15) is 73.9 Å². The number of anilines is 3. The van der Waals surface area contributed by atoms with Gasteiger partial charge in [-0.05, 0) is 94.4 Å². The van der Waals surface area contributed by atoms with Crippen molar-refractivity contribution in [3.05, 3.63) is 126 Å². The number of carboxylic acid groups (broad SMARTS) is 1. The molecule has 0 fully saturated rings. The minimum atomic E-state index is -0.916. The van der Waals surface area contributed by atoms with E-state index in [0.29, 0.717) is 0 Å². The van der Waals surface area contributed by atoms with E-state index in [9.17, 15) is 9.90 Å². The summed E-state index contributed by atoms with van der Waals surface area (Å²) in [6.07, 6.45) is 6.99. The maximum Gasteiger partial charge on any atom is 0.335 e. The fourth-order valence-electron chi connectivity index (χ4n) is 6.72. The molecule has 1 N–H and O–H groups in total. The molecule has 41 heavy (non-hydrogen) atoms. The molecule has 0 aromatic heterocycles. The quantitative estimate of drug-likeness (QED) is 0.192. The summed E-state index contributed by atoms with van der Waals surface area (Å²) < 4.78 is 0. The van der Waals surface area contributed by atoms with Gasteiger partial charge in [-0.25, -0.2) is 4.79 Å². The van der Waals surface area contributed by atoms with Crippen molar-refractivity contribution in [2.45, 2.75) is 57.8 Å². The van der Waals surface area contributed by atoms with Crippen LogP contribution in [0.3, 0.4) is 0 Å². The minimum absolute atomic E-state index is 0.00379. The normalized spacial score (nSPS) is 13.1. The Hall–Kier alpha value is -4.37. The van der Waals surface area contributed by atoms with E-state index in [2.05, 4.69) is 104 Å². The van der Waals surface area contributed by atoms with Crippen LogP contribution < -0.4 is 4.90 Å². The van der Waals surface area contributed by atoms with Crippen LogP contribution in [0, 0.1) is 0 Å². The van der Waals surface area contributed by atoms with Gasteiger partial charge < -0.3 is 10.0 Å². The average Bonchev–Trinajstić information content (AvgIpc) is 3.28. The first-order valence-corrected chi connectivity index (χ1v) is 14.9. The fraction of sp³-hybridized carbons (Fsp3) is 0.237. The summed E-state index contributed by atoms with van der Waals surface area (Å²) in [6, 6.07) is 38.2. The standard InChI is InChI=1S/C38H37NO2/c1-3-5-23-38(24-6-4-2)35-14-10-9-13-33(35)34-22-21-32(26-36(34)38)39(30-18-16-28(17-19-30)37(40)41)31-20-15-27-11-7-8-12-29(27)25-31/h7-22,25-26H,3-6,23-24H2,1-2H3,(H,40,41). The first kappa shape index (κ1) is 26.8. The molecule has 0 saturated carbocycles. The second kappa shape index (κ2) is 11.2. The van der Waals surface area contributed by atoms with Crippen LogP contribution in [-0.2, 0) is 5.41 Å². The number of hydrogen-bond donors (Lipinski definition) is 1. The third-order valence-electron chi connectivity index (χ3n) is 8.79. The average molecular weight is 540 g/mol. The van der Waals surface area contributed by atoms with E-state index in [1.807, 2.05) is 12.1 Å². The van der Waals surface area contributed by atoms with Crippen molar-refractivity contribution in [3.63, 3.8) is 0 Å². The Kier molecular flexibility index (Phi) is 7.36. The van der Waals surface area contributed by atoms with Gasteiger partial charge in [0.1, 0.15) is 0 Å². The third kappa shape index (κ3) is 4.80. The van der Waals surface area contributed by atoms with Gasteiger partial charge in [0.15, 0.2) is 0 Å². The molecule has 5 aromatic carbocycles. The molecule has 3 heteroatoms. The zero-order valence-electron chi connectivity index (χ0n) is 23.9. The lowest BCUT2D eigenvalue weighted by molar-refractivity contribution is 0.0697. The Morgan fingerprint density at radius 2 is 1.22 bits per heavy atom. The van der Waals surface area contributed by atoms with E-state index in [0.717, 1.165) is 29.9 Å². The van der Waals surface area contributed by atoms with Crippen LogP contribution >= 0.6 is 0 Å². The summed E-state index contributed by atoms with van der Waals surface area (Å²) in [5.74, 6) is -0.916. The maximum absolute atomic E-state index is 11.6. The lowest BCUT2D eigenvalue weighted by atomic mass is 9.71. The monoisotopic (exact) mass is 539 g/mol. The highest BCUT2D eigenvalue weighted by Crippen LogP contribution is 2.55.